The van der Waals surface area contributed by atoms with Crippen LogP contribution in [0.4, 0.5) is 13.2 Å². The minimum Gasteiger partial charge on any atom is -0.306 e. The largest absolute Gasteiger partial charge is 0.306 e. The van der Waals surface area contributed by atoms with Crippen molar-refractivity contribution in [3.8, 4) is 17.1 Å². The maximum absolute atomic E-state index is 14.0. The van der Waals surface area contributed by atoms with E-state index in [0.717, 1.165) is 33.9 Å². The van der Waals surface area contributed by atoms with Gasteiger partial charge in [-0.2, -0.15) is 0 Å². The summed E-state index contributed by atoms with van der Waals surface area (Å²) in [6.07, 6.45) is 3.09. The molecule has 0 spiro atoms. The average Bonchev–Trinajstić information content (AvgIpc) is 3.07. The monoisotopic (exact) mass is 375 g/mol. The molecule has 0 radical (unpaired) electrons. The van der Waals surface area contributed by atoms with Crippen LogP contribution >= 0.6 is 0 Å². The molecule has 2 aromatic heterocycles. The summed E-state index contributed by atoms with van der Waals surface area (Å²) >= 11 is 0. The zero-order chi connectivity index (χ0) is 19.3. The zero-order valence-corrected chi connectivity index (χ0v) is 14.4. The van der Waals surface area contributed by atoms with Gasteiger partial charge in [0.2, 0.25) is 0 Å². The highest BCUT2D eigenvalue weighted by Gasteiger charge is 2.17. The van der Waals surface area contributed by atoms with Gasteiger partial charge in [-0.15, -0.1) is 0 Å². The van der Waals surface area contributed by atoms with Gasteiger partial charge in [0.1, 0.15) is 0 Å². The van der Waals surface area contributed by atoms with E-state index in [0.29, 0.717) is 5.69 Å². The van der Waals surface area contributed by atoms with Gasteiger partial charge >= 0.3 is 0 Å². The lowest BCUT2D eigenvalue weighted by atomic mass is 10.2. The predicted octanol–water partition coefficient (Wildman–Crippen LogP) is 5.66. The van der Waals surface area contributed by atoms with Gasteiger partial charge in [0.25, 0.3) is 0 Å². The van der Waals surface area contributed by atoms with Crippen molar-refractivity contribution >= 4 is 21.8 Å². The van der Waals surface area contributed by atoms with Gasteiger partial charge in [0.15, 0.2) is 23.3 Å². The molecule has 3 aromatic carbocycles. The van der Waals surface area contributed by atoms with Crippen molar-refractivity contribution in [1.82, 2.24) is 14.5 Å². The standard InChI is InChI=1S/C22H12F3N3/c23-17-10-9-16(20(24)21(17)25)22-26-11-13(12-27-22)28-18-7-3-1-5-14(18)15-6-2-4-8-19(15)28/h1-12H. The highest BCUT2D eigenvalue weighted by Crippen LogP contribution is 2.31. The number of aromatic nitrogens is 3. The van der Waals surface area contributed by atoms with E-state index < -0.39 is 17.5 Å². The first-order valence-electron chi connectivity index (χ1n) is 8.59. The van der Waals surface area contributed by atoms with E-state index in [9.17, 15) is 13.2 Å². The van der Waals surface area contributed by atoms with E-state index in [4.69, 9.17) is 0 Å². The van der Waals surface area contributed by atoms with E-state index in [1.807, 2.05) is 53.1 Å². The summed E-state index contributed by atoms with van der Waals surface area (Å²) in [5.74, 6) is -4.10. The van der Waals surface area contributed by atoms with Crippen LogP contribution in [0.2, 0.25) is 0 Å². The topological polar surface area (TPSA) is 30.7 Å². The van der Waals surface area contributed by atoms with Crippen molar-refractivity contribution in [3.05, 3.63) is 90.5 Å². The minimum atomic E-state index is -1.53. The Morgan fingerprint density at radius 2 is 1.21 bits per heavy atom. The lowest BCUT2D eigenvalue weighted by molar-refractivity contribution is 0.448. The lowest BCUT2D eigenvalue weighted by Crippen LogP contribution is -2.00. The second-order valence-corrected chi connectivity index (χ2v) is 6.36. The summed E-state index contributed by atoms with van der Waals surface area (Å²) < 4.78 is 42.7. The van der Waals surface area contributed by atoms with Crippen LogP contribution < -0.4 is 0 Å². The molecular formula is C22H12F3N3. The molecule has 0 saturated heterocycles. The fourth-order valence-corrected chi connectivity index (χ4v) is 3.48. The van der Waals surface area contributed by atoms with E-state index in [-0.39, 0.29) is 11.4 Å². The number of nitrogens with zero attached hydrogens (tertiary/aromatic N) is 3. The Morgan fingerprint density at radius 3 is 1.82 bits per heavy atom. The number of rotatable bonds is 2. The molecule has 0 unspecified atom stereocenters. The highest BCUT2D eigenvalue weighted by molar-refractivity contribution is 6.09. The Bertz CT molecular complexity index is 1290. The number of hydrogen-bond donors (Lipinski definition) is 0. The van der Waals surface area contributed by atoms with Gasteiger partial charge in [-0.05, 0) is 24.3 Å². The van der Waals surface area contributed by atoms with Crippen LogP contribution in [0.1, 0.15) is 0 Å². The van der Waals surface area contributed by atoms with E-state index >= 15 is 0 Å². The summed E-state index contributed by atoms with van der Waals surface area (Å²) in [5.41, 5.74) is 2.47. The summed E-state index contributed by atoms with van der Waals surface area (Å²) in [5, 5.41) is 2.18. The highest BCUT2D eigenvalue weighted by atomic mass is 19.2. The van der Waals surface area contributed by atoms with Gasteiger partial charge < -0.3 is 4.57 Å². The smallest absolute Gasteiger partial charge is 0.195 e. The maximum Gasteiger partial charge on any atom is 0.195 e. The molecule has 2 heterocycles. The molecule has 0 atom stereocenters. The first kappa shape index (κ1) is 16.5. The summed E-state index contributed by atoms with van der Waals surface area (Å²) in [6.45, 7) is 0. The Kier molecular flexibility index (Phi) is 3.65. The molecular weight excluding hydrogens is 363 g/mol. The fraction of sp³-hybridized carbons (Fsp3) is 0. The minimum absolute atomic E-state index is 0.0130. The van der Waals surface area contributed by atoms with E-state index in [1.54, 1.807) is 12.4 Å². The molecule has 0 saturated carbocycles. The van der Waals surface area contributed by atoms with Crippen molar-refractivity contribution < 1.29 is 13.2 Å². The molecule has 6 heteroatoms. The van der Waals surface area contributed by atoms with Crippen LogP contribution in [0.5, 0.6) is 0 Å². The lowest BCUT2D eigenvalue weighted by Gasteiger charge is -2.08. The molecule has 0 aliphatic heterocycles. The number of hydrogen-bond acceptors (Lipinski definition) is 2. The summed E-state index contributed by atoms with van der Waals surface area (Å²) in [4.78, 5) is 8.38. The molecule has 0 bridgehead atoms. The van der Waals surface area contributed by atoms with Crippen molar-refractivity contribution in [1.29, 1.82) is 0 Å². The van der Waals surface area contributed by atoms with Crippen LogP contribution in [0.25, 0.3) is 38.9 Å². The third kappa shape index (κ3) is 2.38. The number of benzene rings is 3. The third-order valence-corrected chi connectivity index (χ3v) is 4.75. The SMILES string of the molecule is Fc1ccc(-c2ncc(-n3c4ccccc4c4ccccc43)cn2)c(F)c1F. The van der Waals surface area contributed by atoms with Gasteiger partial charge in [0, 0.05) is 10.8 Å². The maximum atomic E-state index is 14.0. The van der Waals surface area contributed by atoms with Gasteiger partial charge in [-0.25, -0.2) is 23.1 Å². The van der Waals surface area contributed by atoms with Crippen molar-refractivity contribution in [2.24, 2.45) is 0 Å². The molecule has 0 aliphatic carbocycles. The first-order valence-corrected chi connectivity index (χ1v) is 8.59. The number of para-hydroxylation sites is 2. The van der Waals surface area contributed by atoms with Crippen LogP contribution in [-0.4, -0.2) is 14.5 Å². The normalized spacial score (nSPS) is 11.4. The average molecular weight is 375 g/mol. The molecule has 5 aromatic rings. The van der Waals surface area contributed by atoms with Crippen LogP contribution in [0.3, 0.4) is 0 Å². The number of fused-ring (bicyclic) bond motifs is 3. The predicted molar refractivity (Wildman–Crippen MR) is 102 cm³/mol. The van der Waals surface area contributed by atoms with Gasteiger partial charge in [0.05, 0.1) is 34.7 Å². The van der Waals surface area contributed by atoms with Crippen molar-refractivity contribution in [2.45, 2.75) is 0 Å². The molecule has 0 fully saturated rings. The van der Waals surface area contributed by atoms with E-state index in [1.165, 1.54) is 0 Å². The van der Waals surface area contributed by atoms with Crippen LogP contribution in [0.15, 0.2) is 73.1 Å². The summed E-state index contributed by atoms with van der Waals surface area (Å²) in [7, 11) is 0. The Hall–Kier alpha value is -3.67. The molecule has 0 amide bonds. The summed E-state index contributed by atoms with van der Waals surface area (Å²) in [6, 6.07) is 17.9. The Balaban J connectivity index is 1.69. The van der Waals surface area contributed by atoms with Crippen LogP contribution in [0, 0.1) is 17.5 Å². The number of halogens is 3. The molecule has 3 nitrogen and oxygen atoms in total. The second kappa shape index (κ2) is 6.20. The molecule has 28 heavy (non-hydrogen) atoms. The first-order chi connectivity index (χ1) is 13.6. The zero-order valence-electron chi connectivity index (χ0n) is 14.4. The van der Waals surface area contributed by atoms with Crippen molar-refractivity contribution in [2.75, 3.05) is 0 Å². The Labute approximate surface area is 157 Å². The van der Waals surface area contributed by atoms with E-state index in [2.05, 4.69) is 9.97 Å². The fourth-order valence-electron chi connectivity index (χ4n) is 3.48. The quantitative estimate of drug-likeness (QED) is 0.373. The van der Waals surface area contributed by atoms with Crippen LogP contribution in [-0.2, 0) is 0 Å². The van der Waals surface area contributed by atoms with Crippen molar-refractivity contribution in [3.63, 3.8) is 0 Å². The third-order valence-electron chi connectivity index (χ3n) is 4.75. The molecule has 0 aliphatic rings. The molecule has 136 valence electrons. The van der Waals surface area contributed by atoms with Gasteiger partial charge in [-0.1, -0.05) is 36.4 Å². The van der Waals surface area contributed by atoms with Gasteiger partial charge in [-0.3, -0.25) is 0 Å². The second-order valence-electron chi connectivity index (χ2n) is 6.36. The Morgan fingerprint density at radius 1 is 0.643 bits per heavy atom. The molecule has 5 rings (SSSR count). The molecule has 0 N–H and O–H groups in total.